The maximum Gasteiger partial charge on any atom is 0.315 e. The van der Waals surface area contributed by atoms with E-state index >= 15 is 0 Å². The van der Waals surface area contributed by atoms with Crippen LogP contribution in [0.2, 0.25) is 0 Å². The summed E-state index contributed by atoms with van der Waals surface area (Å²) in [7, 11) is 0. The third-order valence-electron chi connectivity index (χ3n) is 6.69. The minimum absolute atomic E-state index is 0.453. The van der Waals surface area contributed by atoms with Crippen molar-refractivity contribution in [2.45, 2.75) is 111 Å². The van der Waals surface area contributed by atoms with Crippen molar-refractivity contribution in [1.29, 1.82) is 0 Å². The first kappa shape index (κ1) is 13.1. The highest BCUT2D eigenvalue weighted by Crippen LogP contribution is 2.65. The summed E-state index contributed by atoms with van der Waals surface area (Å²) in [5.74, 6) is -13.3. The van der Waals surface area contributed by atoms with Crippen LogP contribution >= 0.6 is 0 Å². The zero-order valence-electron chi connectivity index (χ0n) is 40.8. The van der Waals surface area contributed by atoms with Gasteiger partial charge in [0.25, 0.3) is 5.91 Å². The Morgan fingerprint density at radius 2 is 1.82 bits per heavy atom. The first-order valence-corrected chi connectivity index (χ1v) is 11.9. The van der Waals surface area contributed by atoms with Gasteiger partial charge in [-0.05, 0) is 62.1 Å². The van der Waals surface area contributed by atoms with Gasteiger partial charge in [-0.25, -0.2) is 4.79 Å². The molecule has 1 saturated heterocycles. The van der Waals surface area contributed by atoms with Gasteiger partial charge in [0, 0.05) is 36.8 Å². The van der Waals surface area contributed by atoms with E-state index in [4.69, 9.17) is 31.8 Å². The lowest BCUT2D eigenvalue weighted by molar-refractivity contribution is -0.144. The van der Waals surface area contributed by atoms with E-state index in [0.717, 1.165) is 0 Å². The number of nitrogens with two attached hydrogens (primary N) is 1. The molecule has 214 valence electrons. The number of rotatable bonds is 9. The number of Topliss-reactive ketones (excluding diaryl/α,β-unsaturated/α-hetero) is 1. The molecule has 2 aliphatic carbocycles. The number of piperidine rings is 1. The fourth-order valence-corrected chi connectivity index (χ4v) is 4.83. The summed E-state index contributed by atoms with van der Waals surface area (Å²) in [6.07, 6.45) is -17.2. The lowest BCUT2D eigenvalue weighted by atomic mass is 9.80. The van der Waals surface area contributed by atoms with Crippen LogP contribution in [0.1, 0.15) is 113 Å². The molecule has 3 rings (SSSR count). The van der Waals surface area contributed by atoms with Crippen LogP contribution in [0.15, 0.2) is 0 Å². The van der Waals surface area contributed by atoms with E-state index in [-0.39, 0.29) is 0 Å². The first-order valence-electron chi connectivity index (χ1n) is 21.4. The van der Waals surface area contributed by atoms with E-state index in [1.165, 1.54) is 20.8 Å². The highest BCUT2D eigenvalue weighted by molar-refractivity contribution is 6.37. The van der Waals surface area contributed by atoms with Crippen LogP contribution in [0.4, 0.5) is 4.79 Å². The van der Waals surface area contributed by atoms with Crippen molar-refractivity contribution in [3.63, 3.8) is 0 Å². The molecule has 38 heavy (non-hydrogen) atoms. The summed E-state index contributed by atoms with van der Waals surface area (Å²) in [5.41, 5.74) is -0.528. The summed E-state index contributed by atoms with van der Waals surface area (Å²) in [4.78, 5) is 68.3. The number of nitrogens with one attached hydrogen (secondary N) is 3. The molecular weight excluding hydrogens is 486 g/mol. The number of likely N-dealkylation sites (tertiary alicyclic amines) is 1. The van der Waals surface area contributed by atoms with Crippen molar-refractivity contribution in [3.8, 4) is 0 Å². The van der Waals surface area contributed by atoms with Gasteiger partial charge in [0.2, 0.25) is 17.6 Å². The molecule has 10 heteroatoms. The molecule has 5 amide bonds. The van der Waals surface area contributed by atoms with Crippen LogP contribution in [0, 0.1) is 28.6 Å². The van der Waals surface area contributed by atoms with Gasteiger partial charge in [-0.3, -0.25) is 19.2 Å². The van der Waals surface area contributed by atoms with E-state index in [1.54, 1.807) is 19.2 Å². The number of primary amides is 1. The molecule has 3 fully saturated rings. The molecule has 0 aromatic heterocycles. The summed E-state index contributed by atoms with van der Waals surface area (Å²) in [5, 5.41) is 6.13. The number of carbonyl (C=O) groups excluding carboxylic acids is 5. The maximum absolute atomic E-state index is 14.6. The molecular formula is C28H47N5O5. The molecule has 5 N–H and O–H groups in total. The van der Waals surface area contributed by atoms with E-state index in [1.807, 2.05) is 0 Å². The summed E-state index contributed by atoms with van der Waals surface area (Å²) in [6.45, 7) is -4.36. The normalized spacial score (nSPS) is 40.3. The zero-order chi connectivity index (χ0) is 45.3. The highest BCUT2D eigenvalue weighted by atomic mass is 16.2. The predicted molar refractivity (Wildman–Crippen MR) is 144 cm³/mol. The quantitative estimate of drug-likeness (QED) is 0.323. The van der Waals surface area contributed by atoms with E-state index < -0.39 is 141 Å². The minimum Gasteiger partial charge on any atom is -0.363 e. The number of carbonyl (C=O) groups is 5. The fraction of sp³-hybridized carbons (Fsp3) is 0.821. The molecule has 0 bridgehead atoms. The standard InChI is InChI=1S/C28H47N5O5/c1-26(2,3)13-18(31-25(38)32-27(4,5)6)24(37)33-14-16-19(28(16,7)8)20(33)23(36)30-17(21(34)22(29)35)12-15-10-9-11-15/h15-20H,9-14H2,1-8H3,(H2,29,35)(H,30,36)(H2,31,32,38)/t16-,17?,18-,19-,20-/m0/s1/i1D3,2D3,3D3,9D2,10D2,11D2,12D2,15D,17D. The number of ketones is 1. The summed E-state index contributed by atoms with van der Waals surface area (Å²) in [6, 6.07) is -9.74. The number of amides is 5. The van der Waals surface area contributed by atoms with Gasteiger partial charge in [-0.2, -0.15) is 0 Å². The Hall–Kier alpha value is -2.65. The molecule has 1 aliphatic heterocycles. The van der Waals surface area contributed by atoms with Gasteiger partial charge in [-0.1, -0.05) is 53.5 Å². The lowest BCUT2D eigenvalue weighted by Gasteiger charge is -2.36. The van der Waals surface area contributed by atoms with Gasteiger partial charge in [-0.15, -0.1) is 0 Å². The summed E-state index contributed by atoms with van der Waals surface area (Å²) < 4.78 is 156. The van der Waals surface area contributed by atoms with Crippen LogP contribution in [0.25, 0.3) is 0 Å². The number of hydrogen-bond acceptors (Lipinski definition) is 5. The largest absolute Gasteiger partial charge is 0.363 e. The molecule has 0 spiro atoms. The molecule has 5 atom stereocenters. The summed E-state index contributed by atoms with van der Waals surface area (Å²) >= 11 is 0. The smallest absolute Gasteiger partial charge is 0.315 e. The van der Waals surface area contributed by atoms with Crippen LogP contribution in [-0.4, -0.2) is 64.6 Å². The van der Waals surface area contributed by atoms with Crippen LogP contribution < -0.4 is 21.7 Å². The molecule has 10 nitrogen and oxygen atoms in total. The molecule has 3 aliphatic rings. The van der Waals surface area contributed by atoms with Crippen LogP contribution in [0.5, 0.6) is 0 Å². The Labute approximate surface area is 253 Å². The van der Waals surface area contributed by atoms with E-state index in [0.29, 0.717) is 4.90 Å². The number of urea groups is 1. The Balaban J connectivity index is 2.25. The van der Waals surface area contributed by atoms with Crippen molar-refractivity contribution < 1.29 is 50.0 Å². The monoisotopic (exact) mass is 552 g/mol. The van der Waals surface area contributed by atoms with Crippen molar-refractivity contribution in [3.05, 3.63) is 0 Å². The third-order valence-corrected chi connectivity index (χ3v) is 6.69. The first-order chi connectivity index (χ1) is 24.8. The van der Waals surface area contributed by atoms with Gasteiger partial charge >= 0.3 is 6.03 Å². The second-order valence-corrected chi connectivity index (χ2v) is 11.3. The molecule has 0 aromatic carbocycles. The van der Waals surface area contributed by atoms with Crippen molar-refractivity contribution >= 4 is 29.5 Å². The van der Waals surface area contributed by atoms with E-state index in [2.05, 4.69) is 10.6 Å². The number of nitrogens with zero attached hydrogens (tertiary/aromatic N) is 1. The molecule has 0 radical (unpaired) electrons. The van der Waals surface area contributed by atoms with E-state index in [9.17, 15) is 24.0 Å². The fourth-order valence-electron chi connectivity index (χ4n) is 4.83. The Morgan fingerprint density at radius 1 is 1.18 bits per heavy atom. The Bertz CT molecular complexity index is 1650. The zero-order valence-corrected chi connectivity index (χ0v) is 21.8. The van der Waals surface area contributed by atoms with Gasteiger partial charge in [0.1, 0.15) is 12.1 Å². The number of hydrogen-bond donors (Lipinski definition) is 4. The second-order valence-electron chi connectivity index (χ2n) is 11.3. The molecule has 1 heterocycles. The average molecular weight is 553 g/mol. The Kier molecular flexibility index (Phi) is 3.63. The third kappa shape index (κ3) is 6.86. The molecule has 0 aromatic rings. The SMILES string of the molecule is [2H]C([2H])([2H])C(C[C@H](NC(=O)NC(C)(C)C)C(=O)N1C[C@H]2[C@@H]([C@H]1C(=O)NC([2H])(C(=O)C(N)=O)C([2H])([2H])C1([2H])C([2H])([2H])C([2H])([2H])C1([2H])[2H])C2(C)C)(C([2H])([2H])[2H])C([2H])([2H])[2H]. The van der Waals surface area contributed by atoms with Gasteiger partial charge in [0.15, 0.2) is 0 Å². The lowest BCUT2D eigenvalue weighted by Crippen LogP contribution is -2.60. The van der Waals surface area contributed by atoms with Gasteiger partial charge in [0.05, 0.1) is 7.39 Å². The molecule has 1 unspecified atom stereocenters. The van der Waals surface area contributed by atoms with Crippen molar-refractivity contribution in [2.24, 2.45) is 34.3 Å². The highest BCUT2D eigenvalue weighted by Gasteiger charge is 2.69. The average Bonchev–Trinajstić information content (AvgIpc) is 3.29. The second kappa shape index (κ2) is 10.5. The van der Waals surface area contributed by atoms with Crippen LogP contribution in [0.3, 0.4) is 0 Å². The molecule has 2 saturated carbocycles. The van der Waals surface area contributed by atoms with Crippen LogP contribution in [-0.2, 0) is 19.2 Å². The van der Waals surface area contributed by atoms with Gasteiger partial charge < -0.3 is 26.6 Å². The Morgan fingerprint density at radius 3 is 2.37 bits per heavy atom. The van der Waals surface area contributed by atoms with Crippen molar-refractivity contribution in [2.75, 3.05) is 6.54 Å². The minimum atomic E-state index is -4.35. The predicted octanol–water partition coefficient (Wildman–Crippen LogP) is 2.10. The maximum atomic E-state index is 14.6. The topological polar surface area (TPSA) is 151 Å². The number of fused-ring (bicyclic) bond motifs is 1. The van der Waals surface area contributed by atoms with Crippen molar-refractivity contribution in [1.82, 2.24) is 20.9 Å².